The lowest BCUT2D eigenvalue weighted by Crippen LogP contribution is -2.23. The molecule has 0 aromatic heterocycles. The lowest BCUT2D eigenvalue weighted by Gasteiger charge is -2.21. The third-order valence-electron chi connectivity index (χ3n) is 4.09. The van der Waals surface area contributed by atoms with Crippen molar-refractivity contribution in [2.45, 2.75) is 39.8 Å². The Morgan fingerprint density at radius 1 is 1.45 bits per heavy atom. The van der Waals surface area contributed by atoms with E-state index in [0.29, 0.717) is 6.04 Å². The molecular weight excluding hydrogens is 246 g/mol. The summed E-state index contributed by atoms with van der Waals surface area (Å²) in [5.74, 6) is 1.64. The lowest BCUT2D eigenvalue weighted by molar-refractivity contribution is 0.589. The molecule has 0 saturated heterocycles. The molecule has 1 aliphatic carbocycles. The van der Waals surface area contributed by atoms with Gasteiger partial charge in [-0.25, -0.2) is 0 Å². The first-order valence-corrected chi connectivity index (χ1v) is 7.48. The minimum atomic E-state index is 0.458. The van der Waals surface area contributed by atoms with Gasteiger partial charge in [-0.2, -0.15) is 5.26 Å². The van der Waals surface area contributed by atoms with Crippen LogP contribution in [-0.4, -0.2) is 19.6 Å². The zero-order valence-corrected chi connectivity index (χ0v) is 13.0. The average Bonchev–Trinajstić information content (AvgIpc) is 3.11. The van der Waals surface area contributed by atoms with Gasteiger partial charge in [0, 0.05) is 26.2 Å². The van der Waals surface area contributed by atoms with E-state index in [2.05, 4.69) is 56.2 Å². The number of nitriles is 1. The minimum Gasteiger partial charge on any atom is -0.373 e. The maximum Gasteiger partial charge on any atom is 0.101 e. The van der Waals surface area contributed by atoms with Crippen molar-refractivity contribution in [1.29, 1.82) is 5.26 Å². The number of rotatable bonds is 6. The number of benzene rings is 1. The summed E-state index contributed by atoms with van der Waals surface area (Å²) in [6, 6.07) is 9.02. The van der Waals surface area contributed by atoms with Gasteiger partial charge in [0.25, 0.3) is 0 Å². The number of hydrogen-bond donors (Lipinski definition) is 1. The van der Waals surface area contributed by atoms with Crippen molar-refractivity contribution in [3.05, 3.63) is 29.3 Å². The van der Waals surface area contributed by atoms with E-state index in [0.717, 1.165) is 36.2 Å². The summed E-state index contributed by atoms with van der Waals surface area (Å²) in [6.45, 7) is 8.42. The molecule has 1 aromatic rings. The molecule has 3 nitrogen and oxygen atoms in total. The highest BCUT2D eigenvalue weighted by atomic mass is 15.1. The van der Waals surface area contributed by atoms with E-state index < -0.39 is 0 Å². The fourth-order valence-electron chi connectivity index (χ4n) is 2.54. The van der Waals surface area contributed by atoms with Gasteiger partial charge in [0.1, 0.15) is 6.07 Å². The average molecular weight is 271 g/mol. The summed E-state index contributed by atoms with van der Waals surface area (Å²) in [6.07, 6.45) is 1.32. The van der Waals surface area contributed by atoms with E-state index in [4.69, 9.17) is 0 Å². The van der Waals surface area contributed by atoms with Gasteiger partial charge in [-0.15, -0.1) is 0 Å². The quantitative estimate of drug-likeness (QED) is 0.864. The van der Waals surface area contributed by atoms with Gasteiger partial charge in [0.15, 0.2) is 0 Å². The zero-order chi connectivity index (χ0) is 14.7. The molecule has 0 spiro atoms. The predicted octanol–water partition coefficient (Wildman–Crippen LogP) is 3.15. The molecule has 1 fully saturated rings. The highest BCUT2D eigenvalue weighted by Gasteiger charge is 2.33. The molecule has 3 heteroatoms. The zero-order valence-electron chi connectivity index (χ0n) is 13.0. The van der Waals surface area contributed by atoms with Crippen LogP contribution in [0.4, 0.5) is 5.69 Å². The van der Waals surface area contributed by atoms with Crippen LogP contribution >= 0.6 is 0 Å². The second-order valence-corrected chi connectivity index (χ2v) is 6.35. The summed E-state index contributed by atoms with van der Waals surface area (Å²) in [4.78, 5) is 2.23. The van der Waals surface area contributed by atoms with Crippen molar-refractivity contribution < 1.29 is 0 Å². The molecule has 2 rings (SSSR count). The first-order chi connectivity index (χ1) is 9.51. The van der Waals surface area contributed by atoms with Crippen molar-refractivity contribution in [2.75, 3.05) is 18.5 Å². The van der Waals surface area contributed by atoms with Gasteiger partial charge in [-0.1, -0.05) is 26.8 Å². The molecule has 0 aliphatic heterocycles. The molecule has 1 saturated carbocycles. The molecule has 108 valence electrons. The maximum atomic E-state index is 9.37. The Kier molecular flexibility index (Phi) is 4.67. The topological polar surface area (TPSA) is 39.1 Å². The van der Waals surface area contributed by atoms with Crippen LogP contribution in [0.3, 0.4) is 0 Å². The van der Waals surface area contributed by atoms with Gasteiger partial charge in [0.05, 0.1) is 11.3 Å². The van der Waals surface area contributed by atoms with Gasteiger partial charge in [-0.05, 0) is 36.0 Å². The van der Waals surface area contributed by atoms with Crippen LogP contribution in [0.5, 0.6) is 0 Å². The highest BCUT2D eigenvalue weighted by molar-refractivity contribution is 5.60. The molecule has 1 aromatic carbocycles. The van der Waals surface area contributed by atoms with Crippen LogP contribution in [0.1, 0.15) is 38.3 Å². The Morgan fingerprint density at radius 2 is 2.15 bits per heavy atom. The fraction of sp³-hybridized carbons (Fsp3) is 0.588. The first kappa shape index (κ1) is 14.9. The number of nitrogens with zero attached hydrogens (tertiary/aromatic N) is 2. The van der Waals surface area contributed by atoms with Crippen molar-refractivity contribution in [2.24, 2.45) is 11.8 Å². The number of nitrogens with one attached hydrogen (secondary N) is 1. The molecular formula is C17H25N3. The molecule has 0 amide bonds. The largest absolute Gasteiger partial charge is 0.373 e. The Balaban J connectivity index is 2.07. The third kappa shape index (κ3) is 3.74. The van der Waals surface area contributed by atoms with E-state index in [1.165, 1.54) is 12.0 Å². The predicted molar refractivity (Wildman–Crippen MR) is 83.7 cm³/mol. The SMILES string of the molecule is CC(C)NCc1ccc(N(C)CC2CC2C)c(C#N)c1. The molecule has 2 atom stereocenters. The second kappa shape index (κ2) is 6.28. The third-order valence-corrected chi connectivity index (χ3v) is 4.09. The Labute approximate surface area is 122 Å². The van der Waals surface area contributed by atoms with Crippen LogP contribution in [0.2, 0.25) is 0 Å². The first-order valence-electron chi connectivity index (χ1n) is 7.48. The van der Waals surface area contributed by atoms with Crippen molar-refractivity contribution in [1.82, 2.24) is 5.32 Å². The number of anilines is 1. The fourth-order valence-corrected chi connectivity index (χ4v) is 2.54. The van der Waals surface area contributed by atoms with Crippen molar-refractivity contribution in [3.63, 3.8) is 0 Å². The van der Waals surface area contributed by atoms with Gasteiger partial charge >= 0.3 is 0 Å². The van der Waals surface area contributed by atoms with Crippen LogP contribution in [0.15, 0.2) is 18.2 Å². The van der Waals surface area contributed by atoms with E-state index in [-0.39, 0.29) is 0 Å². The van der Waals surface area contributed by atoms with Gasteiger partial charge < -0.3 is 10.2 Å². The molecule has 0 radical (unpaired) electrons. The summed E-state index contributed by atoms with van der Waals surface area (Å²) in [7, 11) is 2.09. The Hall–Kier alpha value is -1.53. The standard InChI is InChI=1S/C17H25N3/c1-12(2)19-10-14-5-6-17(15(8-14)9-18)20(4)11-16-7-13(16)3/h5-6,8,12-13,16,19H,7,10-11H2,1-4H3. The monoisotopic (exact) mass is 271 g/mol. The molecule has 1 aliphatic rings. The summed E-state index contributed by atoms with van der Waals surface area (Å²) < 4.78 is 0. The molecule has 2 unspecified atom stereocenters. The van der Waals surface area contributed by atoms with Gasteiger partial charge in [0.2, 0.25) is 0 Å². The van der Waals surface area contributed by atoms with E-state index in [9.17, 15) is 5.26 Å². The van der Waals surface area contributed by atoms with Crippen LogP contribution in [-0.2, 0) is 6.54 Å². The summed E-state index contributed by atoms with van der Waals surface area (Å²) >= 11 is 0. The normalized spacial score (nSPS) is 20.8. The summed E-state index contributed by atoms with van der Waals surface area (Å²) in [5, 5.41) is 12.8. The van der Waals surface area contributed by atoms with Crippen LogP contribution < -0.4 is 10.2 Å². The van der Waals surface area contributed by atoms with Crippen molar-refractivity contribution >= 4 is 5.69 Å². The summed E-state index contributed by atoms with van der Waals surface area (Å²) in [5.41, 5.74) is 3.01. The molecule has 20 heavy (non-hydrogen) atoms. The molecule has 1 N–H and O–H groups in total. The lowest BCUT2D eigenvalue weighted by atomic mass is 10.1. The van der Waals surface area contributed by atoms with Crippen LogP contribution in [0, 0.1) is 23.2 Å². The van der Waals surface area contributed by atoms with Gasteiger partial charge in [-0.3, -0.25) is 0 Å². The van der Waals surface area contributed by atoms with E-state index in [1.54, 1.807) is 0 Å². The smallest absolute Gasteiger partial charge is 0.101 e. The maximum absolute atomic E-state index is 9.37. The van der Waals surface area contributed by atoms with E-state index >= 15 is 0 Å². The van der Waals surface area contributed by atoms with Crippen molar-refractivity contribution in [3.8, 4) is 6.07 Å². The highest BCUT2D eigenvalue weighted by Crippen LogP contribution is 2.39. The Bertz CT molecular complexity index is 501. The minimum absolute atomic E-state index is 0.458. The van der Waals surface area contributed by atoms with Crippen LogP contribution in [0.25, 0.3) is 0 Å². The second-order valence-electron chi connectivity index (χ2n) is 6.35. The van der Waals surface area contributed by atoms with E-state index in [1.807, 2.05) is 6.07 Å². The Morgan fingerprint density at radius 3 is 2.70 bits per heavy atom. The number of hydrogen-bond acceptors (Lipinski definition) is 3. The molecule has 0 heterocycles. The molecule has 0 bridgehead atoms.